The summed E-state index contributed by atoms with van der Waals surface area (Å²) in [5, 5.41) is 16.4. The number of allylic oxidation sites excluding steroid dienone is 5. The smallest absolute Gasteiger partial charge is 0.335 e. The van der Waals surface area contributed by atoms with E-state index in [4.69, 9.17) is 0 Å². The van der Waals surface area contributed by atoms with Gasteiger partial charge in [-0.2, -0.15) is 0 Å². The molecule has 0 spiro atoms. The third-order valence-corrected chi connectivity index (χ3v) is 11.5. The Kier molecular flexibility index (Phi) is 9.32. The molecular formula is C51H46N2O4. The normalized spacial score (nSPS) is 15.4. The summed E-state index contributed by atoms with van der Waals surface area (Å²) in [5.41, 5.74) is 10.3. The van der Waals surface area contributed by atoms with E-state index in [0.29, 0.717) is 22.4 Å². The molecule has 0 atom stereocenters. The molecule has 0 fully saturated rings. The van der Waals surface area contributed by atoms with E-state index < -0.39 is 5.97 Å². The molecule has 0 unspecified atom stereocenters. The Morgan fingerprint density at radius 3 is 2.16 bits per heavy atom. The van der Waals surface area contributed by atoms with Crippen LogP contribution in [0.15, 0.2) is 133 Å². The van der Waals surface area contributed by atoms with Crippen molar-refractivity contribution in [1.82, 2.24) is 0 Å². The summed E-state index contributed by atoms with van der Waals surface area (Å²) < 4.78 is 0. The monoisotopic (exact) mass is 750 g/mol. The summed E-state index contributed by atoms with van der Waals surface area (Å²) in [6, 6.07) is 34.5. The van der Waals surface area contributed by atoms with Crippen LogP contribution < -0.4 is 10.2 Å². The number of rotatable bonds is 8. The Balaban J connectivity index is 1.32. The van der Waals surface area contributed by atoms with Crippen LogP contribution in [0.3, 0.4) is 0 Å². The van der Waals surface area contributed by atoms with Gasteiger partial charge in [0.05, 0.1) is 5.56 Å². The van der Waals surface area contributed by atoms with E-state index in [1.165, 1.54) is 34.4 Å². The van der Waals surface area contributed by atoms with Crippen LogP contribution >= 0.6 is 0 Å². The average molecular weight is 751 g/mol. The highest BCUT2D eigenvalue weighted by Gasteiger charge is 2.37. The average Bonchev–Trinajstić information content (AvgIpc) is 3.18. The standard InChI is InChI=1S/C51H46N2O4/c1-50(2)26-25-39-37(29-50)30-51(3,4)47-42(39)23-19-35-27-36(28-43(45(35)47)52-48(55)33-16-20-38(21-17-33)53(5)6)41-22-18-32-9-7-8-10-40(32)46(41)44(54)24-13-31-11-14-34(15-12-31)49(56)57/h7-28H,29-30H2,1-6H3,(H,52,55)(H,56,57). The number of hydrogen-bond donors (Lipinski definition) is 2. The van der Waals surface area contributed by atoms with E-state index in [1.54, 1.807) is 24.3 Å². The molecule has 0 saturated carbocycles. The lowest BCUT2D eigenvalue weighted by molar-refractivity contribution is 0.0696. The first-order valence-electron chi connectivity index (χ1n) is 19.4. The highest BCUT2D eigenvalue weighted by Crippen LogP contribution is 2.52. The number of aromatic carboxylic acids is 1. The van der Waals surface area contributed by atoms with Gasteiger partial charge in [0.1, 0.15) is 0 Å². The maximum absolute atomic E-state index is 14.4. The molecule has 0 bridgehead atoms. The number of hydrogen-bond acceptors (Lipinski definition) is 4. The summed E-state index contributed by atoms with van der Waals surface area (Å²) in [6.07, 6.45) is 9.79. The molecule has 2 aliphatic carbocycles. The Morgan fingerprint density at radius 2 is 1.44 bits per heavy atom. The first-order valence-corrected chi connectivity index (χ1v) is 19.4. The summed E-state index contributed by atoms with van der Waals surface area (Å²) in [4.78, 5) is 42.0. The van der Waals surface area contributed by atoms with Crippen molar-refractivity contribution in [2.75, 3.05) is 24.3 Å². The molecule has 57 heavy (non-hydrogen) atoms. The Morgan fingerprint density at radius 1 is 0.754 bits per heavy atom. The molecule has 6 nitrogen and oxygen atoms in total. The number of carboxylic acid groups (broad SMARTS) is 1. The number of amides is 1. The zero-order valence-electron chi connectivity index (χ0n) is 33.2. The van der Waals surface area contributed by atoms with Gasteiger partial charge in [0.15, 0.2) is 5.78 Å². The van der Waals surface area contributed by atoms with Gasteiger partial charge in [-0.15, -0.1) is 0 Å². The molecule has 2 N–H and O–H groups in total. The molecule has 0 heterocycles. The fourth-order valence-electron chi connectivity index (χ4n) is 8.71. The van der Waals surface area contributed by atoms with E-state index in [2.05, 4.69) is 63.4 Å². The van der Waals surface area contributed by atoms with E-state index in [9.17, 15) is 19.5 Å². The molecular weight excluding hydrogens is 705 g/mol. The molecule has 2 aliphatic rings. The lowest BCUT2D eigenvalue weighted by Gasteiger charge is -2.40. The fourth-order valence-corrected chi connectivity index (χ4v) is 8.71. The second-order valence-electron chi connectivity index (χ2n) is 16.9. The van der Waals surface area contributed by atoms with Gasteiger partial charge in [-0.1, -0.05) is 112 Å². The quantitative estimate of drug-likeness (QED) is 0.119. The molecule has 284 valence electrons. The predicted octanol–water partition coefficient (Wildman–Crippen LogP) is 12.0. The van der Waals surface area contributed by atoms with Crippen molar-refractivity contribution in [3.63, 3.8) is 0 Å². The first-order chi connectivity index (χ1) is 27.2. The van der Waals surface area contributed by atoms with Crippen LogP contribution in [-0.4, -0.2) is 36.9 Å². The summed E-state index contributed by atoms with van der Waals surface area (Å²) in [5.74, 6) is -1.40. The van der Waals surface area contributed by atoms with E-state index in [0.717, 1.165) is 51.2 Å². The summed E-state index contributed by atoms with van der Waals surface area (Å²) in [6.45, 7) is 9.19. The van der Waals surface area contributed by atoms with Crippen LogP contribution in [0, 0.1) is 5.41 Å². The molecule has 8 rings (SSSR count). The lowest BCUT2D eigenvalue weighted by atomic mass is 9.64. The zero-order valence-corrected chi connectivity index (χ0v) is 33.2. The van der Waals surface area contributed by atoms with Crippen LogP contribution in [0.2, 0.25) is 0 Å². The number of anilines is 2. The summed E-state index contributed by atoms with van der Waals surface area (Å²) >= 11 is 0. The van der Waals surface area contributed by atoms with Crippen molar-refractivity contribution in [2.24, 2.45) is 5.41 Å². The summed E-state index contributed by atoms with van der Waals surface area (Å²) in [7, 11) is 3.95. The van der Waals surface area contributed by atoms with Gasteiger partial charge >= 0.3 is 5.97 Å². The van der Waals surface area contributed by atoms with Gasteiger partial charge in [-0.05, 0) is 128 Å². The number of ketones is 1. The van der Waals surface area contributed by atoms with Gasteiger partial charge in [0.2, 0.25) is 0 Å². The van der Waals surface area contributed by atoms with E-state index >= 15 is 0 Å². The topological polar surface area (TPSA) is 86.7 Å². The van der Waals surface area contributed by atoms with E-state index in [1.807, 2.05) is 85.7 Å². The third kappa shape index (κ3) is 7.08. The minimum absolute atomic E-state index is 0.0919. The Hall–Kier alpha value is -6.53. The van der Waals surface area contributed by atoms with Crippen molar-refractivity contribution in [1.29, 1.82) is 0 Å². The number of nitrogens with one attached hydrogen (secondary N) is 1. The number of carbonyl (C=O) groups is 3. The van der Waals surface area contributed by atoms with Gasteiger partial charge in [-0.25, -0.2) is 4.79 Å². The van der Waals surface area contributed by atoms with Gasteiger partial charge < -0.3 is 15.3 Å². The Bertz CT molecular complexity index is 2730. The predicted molar refractivity (Wildman–Crippen MR) is 234 cm³/mol. The largest absolute Gasteiger partial charge is 0.478 e. The van der Waals surface area contributed by atoms with Gasteiger partial charge in [0, 0.05) is 42.0 Å². The molecule has 0 radical (unpaired) electrons. The molecule has 6 heteroatoms. The van der Waals surface area contributed by atoms with Crippen LogP contribution in [-0.2, 0) is 5.41 Å². The molecule has 0 saturated heterocycles. The number of carbonyl (C=O) groups excluding carboxylic acids is 2. The van der Waals surface area contributed by atoms with Crippen molar-refractivity contribution in [3.8, 4) is 11.1 Å². The second-order valence-corrected chi connectivity index (χ2v) is 16.9. The van der Waals surface area contributed by atoms with Crippen molar-refractivity contribution in [2.45, 2.75) is 46.0 Å². The molecule has 0 aliphatic heterocycles. The maximum Gasteiger partial charge on any atom is 0.335 e. The molecule has 6 aromatic rings. The van der Waals surface area contributed by atoms with E-state index in [-0.39, 0.29) is 28.1 Å². The van der Waals surface area contributed by atoms with Crippen molar-refractivity contribution >= 4 is 62.2 Å². The SMILES string of the molecule is CN(C)c1ccc(C(=O)Nc2cc(-c3ccc4ccccc4c3C(=O)C=Cc3ccc(C(=O)O)cc3)cc3ccc4c(c23)C(C)(C)CC2=C4C=CC(C)(C)C2)cc1. The highest BCUT2D eigenvalue weighted by atomic mass is 16.4. The number of benzene rings is 6. The van der Waals surface area contributed by atoms with Crippen LogP contribution in [0.1, 0.15) is 88.3 Å². The lowest BCUT2D eigenvalue weighted by Crippen LogP contribution is -2.28. The fraction of sp³-hybridized carbons (Fsp3) is 0.196. The molecule has 1 amide bonds. The van der Waals surface area contributed by atoms with Crippen LogP contribution in [0.25, 0.3) is 44.3 Å². The molecule has 6 aromatic carbocycles. The minimum atomic E-state index is -1.00. The highest BCUT2D eigenvalue weighted by molar-refractivity contribution is 6.20. The number of carboxylic acids is 1. The van der Waals surface area contributed by atoms with Gasteiger partial charge in [0.25, 0.3) is 5.91 Å². The van der Waals surface area contributed by atoms with Gasteiger partial charge in [-0.3, -0.25) is 9.59 Å². The third-order valence-electron chi connectivity index (χ3n) is 11.5. The second kappa shape index (κ2) is 14.2. The zero-order chi connectivity index (χ0) is 40.2. The number of nitrogens with zero attached hydrogens (tertiary/aromatic N) is 1. The van der Waals surface area contributed by atoms with Crippen molar-refractivity contribution in [3.05, 3.63) is 166 Å². The van der Waals surface area contributed by atoms with Crippen LogP contribution in [0.4, 0.5) is 11.4 Å². The molecule has 0 aromatic heterocycles. The Labute approximate surface area is 333 Å². The maximum atomic E-state index is 14.4. The first kappa shape index (κ1) is 37.4. The van der Waals surface area contributed by atoms with Crippen LogP contribution in [0.5, 0.6) is 0 Å². The number of fused-ring (bicyclic) bond motifs is 5. The van der Waals surface area contributed by atoms with Crippen molar-refractivity contribution < 1.29 is 19.5 Å². The minimum Gasteiger partial charge on any atom is -0.478 e.